The highest BCUT2D eigenvalue weighted by Crippen LogP contribution is 2.02. The van der Waals surface area contributed by atoms with Crippen molar-refractivity contribution in [2.24, 2.45) is 0 Å². The lowest BCUT2D eigenvalue weighted by Gasteiger charge is -1.93. The van der Waals surface area contributed by atoms with Gasteiger partial charge in [0.25, 0.3) is 6.01 Å². The van der Waals surface area contributed by atoms with E-state index in [9.17, 15) is 0 Å². The maximum Gasteiger partial charge on any atom is 0.292 e. The van der Waals surface area contributed by atoms with Gasteiger partial charge in [0.2, 0.25) is 0 Å². The van der Waals surface area contributed by atoms with Crippen molar-refractivity contribution in [3.05, 3.63) is 12.0 Å². The van der Waals surface area contributed by atoms with E-state index < -0.39 is 0 Å². The number of anilines is 1. The molecule has 0 spiro atoms. The highest BCUT2D eigenvalue weighted by atomic mass is 16.4. The molecular formula is C6H11N3O. The van der Waals surface area contributed by atoms with Crippen LogP contribution in [0.1, 0.15) is 12.7 Å². The lowest BCUT2D eigenvalue weighted by atomic mass is 10.5. The third-order valence-electron chi connectivity index (χ3n) is 1.12. The molecule has 0 unspecified atom stereocenters. The van der Waals surface area contributed by atoms with Gasteiger partial charge in [0.1, 0.15) is 5.76 Å². The van der Waals surface area contributed by atoms with E-state index in [1.807, 2.05) is 6.92 Å². The number of rotatable bonds is 3. The molecule has 0 radical (unpaired) electrons. The quantitative estimate of drug-likeness (QED) is 0.638. The summed E-state index contributed by atoms with van der Waals surface area (Å²) in [7, 11) is 0. The first-order valence-electron chi connectivity index (χ1n) is 3.24. The van der Waals surface area contributed by atoms with Gasteiger partial charge in [-0.1, -0.05) is 6.92 Å². The van der Waals surface area contributed by atoms with E-state index in [-0.39, 0.29) is 6.01 Å². The van der Waals surface area contributed by atoms with Crippen LogP contribution in [-0.2, 0) is 6.54 Å². The maximum atomic E-state index is 5.24. The summed E-state index contributed by atoms with van der Waals surface area (Å²) < 4.78 is 4.99. The second kappa shape index (κ2) is 3.22. The van der Waals surface area contributed by atoms with Gasteiger partial charge in [-0.3, -0.25) is 0 Å². The van der Waals surface area contributed by atoms with E-state index in [4.69, 9.17) is 10.2 Å². The summed E-state index contributed by atoms with van der Waals surface area (Å²) in [6.45, 7) is 3.64. The first-order chi connectivity index (χ1) is 4.83. The Morgan fingerprint density at radius 2 is 2.60 bits per heavy atom. The fraction of sp³-hybridized carbons (Fsp3) is 0.500. The molecule has 0 aliphatic heterocycles. The van der Waals surface area contributed by atoms with Gasteiger partial charge in [0.15, 0.2) is 0 Å². The Morgan fingerprint density at radius 3 is 3.10 bits per heavy atom. The molecule has 1 aromatic rings. The van der Waals surface area contributed by atoms with Gasteiger partial charge in [-0.2, -0.15) is 0 Å². The maximum absolute atomic E-state index is 5.24. The minimum absolute atomic E-state index is 0.230. The minimum atomic E-state index is 0.230. The van der Waals surface area contributed by atoms with Crippen molar-refractivity contribution >= 4 is 6.01 Å². The average molecular weight is 141 g/mol. The van der Waals surface area contributed by atoms with Crippen LogP contribution in [0.4, 0.5) is 6.01 Å². The summed E-state index contributed by atoms with van der Waals surface area (Å²) in [5, 5.41) is 3.09. The summed E-state index contributed by atoms with van der Waals surface area (Å²) in [6.07, 6.45) is 1.62. The van der Waals surface area contributed by atoms with Gasteiger partial charge in [0.05, 0.1) is 12.7 Å². The SMILES string of the molecule is CCNCc1cnc(N)o1. The van der Waals surface area contributed by atoms with Crippen LogP contribution in [0.2, 0.25) is 0 Å². The van der Waals surface area contributed by atoms with E-state index in [2.05, 4.69) is 10.3 Å². The zero-order valence-electron chi connectivity index (χ0n) is 5.92. The molecule has 1 rings (SSSR count). The van der Waals surface area contributed by atoms with E-state index in [0.717, 1.165) is 12.3 Å². The predicted molar refractivity (Wildman–Crippen MR) is 38.3 cm³/mol. The van der Waals surface area contributed by atoms with Gasteiger partial charge in [0, 0.05) is 0 Å². The van der Waals surface area contributed by atoms with Crippen molar-refractivity contribution in [2.75, 3.05) is 12.3 Å². The van der Waals surface area contributed by atoms with Crippen LogP contribution in [0.25, 0.3) is 0 Å². The molecule has 0 aliphatic carbocycles. The summed E-state index contributed by atoms with van der Waals surface area (Å²) in [4.78, 5) is 3.74. The van der Waals surface area contributed by atoms with Crippen LogP contribution in [0.3, 0.4) is 0 Å². The van der Waals surface area contributed by atoms with Crippen molar-refractivity contribution in [1.29, 1.82) is 0 Å². The lowest BCUT2D eigenvalue weighted by molar-refractivity contribution is 0.499. The largest absolute Gasteiger partial charge is 0.428 e. The molecule has 0 atom stereocenters. The van der Waals surface area contributed by atoms with E-state index in [1.165, 1.54) is 0 Å². The molecule has 0 amide bonds. The Bertz CT molecular complexity index is 197. The van der Waals surface area contributed by atoms with E-state index in [0.29, 0.717) is 6.54 Å². The van der Waals surface area contributed by atoms with Crippen molar-refractivity contribution in [3.8, 4) is 0 Å². The summed E-state index contributed by atoms with van der Waals surface area (Å²) in [5.74, 6) is 0.777. The third kappa shape index (κ3) is 1.73. The molecule has 0 fully saturated rings. The molecule has 3 N–H and O–H groups in total. The van der Waals surface area contributed by atoms with Gasteiger partial charge in [-0.05, 0) is 6.54 Å². The summed E-state index contributed by atoms with van der Waals surface area (Å²) in [5.41, 5.74) is 5.24. The molecule has 4 heteroatoms. The number of nitrogens with zero attached hydrogens (tertiary/aromatic N) is 1. The molecular weight excluding hydrogens is 130 g/mol. The highest BCUT2D eigenvalue weighted by molar-refractivity contribution is 5.10. The molecule has 0 aliphatic rings. The highest BCUT2D eigenvalue weighted by Gasteiger charge is 1.96. The molecule has 56 valence electrons. The molecule has 1 heterocycles. The topological polar surface area (TPSA) is 64.1 Å². The number of nitrogens with two attached hydrogens (primary N) is 1. The second-order valence-electron chi connectivity index (χ2n) is 1.95. The molecule has 4 nitrogen and oxygen atoms in total. The number of hydrogen-bond acceptors (Lipinski definition) is 4. The van der Waals surface area contributed by atoms with Crippen LogP contribution in [0, 0.1) is 0 Å². The molecule has 0 saturated carbocycles. The number of aromatic nitrogens is 1. The average Bonchev–Trinajstić information content (AvgIpc) is 2.31. The minimum Gasteiger partial charge on any atom is -0.428 e. The van der Waals surface area contributed by atoms with E-state index in [1.54, 1.807) is 6.20 Å². The second-order valence-corrected chi connectivity index (χ2v) is 1.95. The van der Waals surface area contributed by atoms with Crippen molar-refractivity contribution in [1.82, 2.24) is 10.3 Å². The Morgan fingerprint density at radius 1 is 1.80 bits per heavy atom. The number of nitrogens with one attached hydrogen (secondary N) is 1. The molecule has 0 saturated heterocycles. The fourth-order valence-corrected chi connectivity index (χ4v) is 0.653. The Balaban J connectivity index is 2.42. The normalized spacial score (nSPS) is 10.1. The van der Waals surface area contributed by atoms with Gasteiger partial charge in [-0.25, -0.2) is 4.98 Å². The zero-order valence-corrected chi connectivity index (χ0v) is 5.92. The molecule has 1 aromatic heterocycles. The molecule has 0 bridgehead atoms. The monoisotopic (exact) mass is 141 g/mol. The molecule has 10 heavy (non-hydrogen) atoms. The van der Waals surface area contributed by atoms with Crippen LogP contribution in [0.5, 0.6) is 0 Å². The summed E-state index contributed by atoms with van der Waals surface area (Å²) in [6, 6.07) is 0.230. The Labute approximate surface area is 59.4 Å². The van der Waals surface area contributed by atoms with Crippen molar-refractivity contribution in [3.63, 3.8) is 0 Å². The number of nitrogen functional groups attached to an aromatic ring is 1. The van der Waals surface area contributed by atoms with Crippen molar-refractivity contribution < 1.29 is 4.42 Å². The first-order valence-corrected chi connectivity index (χ1v) is 3.24. The van der Waals surface area contributed by atoms with Crippen LogP contribution in [0.15, 0.2) is 10.6 Å². The van der Waals surface area contributed by atoms with Gasteiger partial charge >= 0.3 is 0 Å². The smallest absolute Gasteiger partial charge is 0.292 e. The summed E-state index contributed by atoms with van der Waals surface area (Å²) >= 11 is 0. The zero-order chi connectivity index (χ0) is 7.40. The fourth-order valence-electron chi connectivity index (χ4n) is 0.653. The Hall–Kier alpha value is -1.03. The predicted octanol–water partition coefficient (Wildman–Crippen LogP) is 0.366. The first kappa shape index (κ1) is 7.08. The van der Waals surface area contributed by atoms with Crippen molar-refractivity contribution in [2.45, 2.75) is 13.5 Å². The number of hydrogen-bond donors (Lipinski definition) is 2. The van der Waals surface area contributed by atoms with Gasteiger partial charge in [-0.15, -0.1) is 0 Å². The Kier molecular flexibility index (Phi) is 2.28. The third-order valence-corrected chi connectivity index (χ3v) is 1.12. The van der Waals surface area contributed by atoms with Gasteiger partial charge < -0.3 is 15.5 Å². The standard InChI is InChI=1S/C6H11N3O/c1-2-8-3-5-4-9-6(7)10-5/h4,8H,2-3H2,1H3,(H2,7,9). The lowest BCUT2D eigenvalue weighted by Crippen LogP contribution is -2.10. The molecule has 0 aromatic carbocycles. The van der Waals surface area contributed by atoms with Crippen LogP contribution < -0.4 is 11.1 Å². The number of oxazole rings is 1. The van der Waals surface area contributed by atoms with E-state index >= 15 is 0 Å². The van der Waals surface area contributed by atoms with Crippen LogP contribution in [-0.4, -0.2) is 11.5 Å². The van der Waals surface area contributed by atoms with Crippen LogP contribution >= 0.6 is 0 Å².